The molecule has 1 amide bonds. The highest BCUT2D eigenvalue weighted by atomic mass is 19.3. The summed E-state index contributed by atoms with van der Waals surface area (Å²) in [7, 11) is 3.07. The molecular formula is C25H21F2N3O4. The third-order valence-electron chi connectivity index (χ3n) is 4.98. The van der Waals surface area contributed by atoms with Crippen molar-refractivity contribution in [1.29, 1.82) is 0 Å². The van der Waals surface area contributed by atoms with Gasteiger partial charge in [-0.05, 0) is 54.6 Å². The number of rotatable bonds is 8. The Bertz CT molecular complexity index is 1280. The number of nitrogens with one attached hydrogen (secondary N) is 1. The second kappa shape index (κ2) is 10.0. The zero-order valence-electron chi connectivity index (χ0n) is 18.4. The van der Waals surface area contributed by atoms with Crippen LogP contribution in [0.4, 0.5) is 14.5 Å². The first kappa shape index (κ1) is 22.8. The number of amides is 1. The molecule has 0 saturated carbocycles. The van der Waals surface area contributed by atoms with E-state index in [-0.39, 0.29) is 11.3 Å². The summed E-state index contributed by atoms with van der Waals surface area (Å²) in [6, 6.07) is 20.2. The van der Waals surface area contributed by atoms with Crippen LogP contribution in [0.5, 0.6) is 17.2 Å². The van der Waals surface area contributed by atoms with Crippen LogP contribution >= 0.6 is 0 Å². The number of nitrogens with zero attached hydrogens (tertiary/aromatic N) is 2. The van der Waals surface area contributed by atoms with Gasteiger partial charge in [-0.15, -0.1) is 0 Å². The fraction of sp³-hybridized carbons (Fsp3) is 0.120. The maximum Gasteiger partial charge on any atom is 0.387 e. The highest BCUT2D eigenvalue weighted by molar-refractivity contribution is 6.08. The van der Waals surface area contributed by atoms with Crippen LogP contribution in [0.2, 0.25) is 0 Å². The average molecular weight is 465 g/mol. The van der Waals surface area contributed by atoms with Crippen LogP contribution in [0.3, 0.4) is 0 Å². The number of para-hydroxylation sites is 1. The van der Waals surface area contributed by atoms with Gasteiger partial charge < -0.3 is 19.5 Å². The zero-order valence-corrected chi connectivity index (χ0v) is 18.4. The Morgan fingerprint density at radius 2 is 1.65 bits per heavy atom. The summed E-state index contributed by atoms with van der Waals surface area (Å²) in [6.45, 7) is -2.93. The van der Waals surface area contributed by atoms with E-state index in [0.29, 0.717) is 28.4 Å². The van der Waals surface area contributed by atoms with E-state index in [1.807, 2.05) is 30.3 Å². The molecule has 0 atom stereocenters. The molecule has 0 aliphatic carbocycles. The van der Waals surface area contributed by atoms with E-state index in [0.717, 1.165) is 5.69 Å². The molecule has 4 aromatic rings. The maximum absolute atomic E-state index is 13.3. The van der Waals surface area contributed by atoms with Crippen LogP contribution in [0, 0.1) is 0 Å². The number of anilines is 1. The lowest BCUT2D eigenvalue weighted by Crippen LogP contribution is -2.12. The monoisotopic (exact) mass is 465 g/mol. The van der Waals surface area contributed by atoms with Crippen molar-refractivity contribution in [3.63, 3.8) is 0 Å². The Morgan fingerprint density at radius 3 is 2.29 bits per heavy atom. The number of carbonyl (C=O) groups is 1. The average Bonchev–Trinajstić information content (AvgIpc) is 3.30. The second-order valence-electron chi connectivity index (χ2n) is 7.09. The van der Waals surface area contributed by atoms with Gasteiger partial charge in [0.05, 0.1) is 25.5 Å². The lowest BCUT2D eigenvalue weighted by Gasteiger charge is -2.11. The third-order valence-corrected chi connectivity index (χ3v) is 4.98. The Labute approximate surface area is 194 Å². The molecule has 0 unspecified atom stereocenters. The Morgan fingerprint density at radius 1 is 0.941 bits per heavy atom. The first-order valence-electron chi connectivity index (χ1n) is 10.2. The van der Waals surface area contributed by atoms with Crippen LogP contribution < -0.4 is 19.5 Å². The molecule has 0 aliphatic heterocycles. The van der Waals surface area contributed by atoms with Gasteiger partial charge in [0.15, 0.2) is 0 Å². The fourth-order valence-corrected chi connectivity index (χ4v) is 3.37. The first-order chi connectivity index (χ1) is 16.5. The highest BCUT2D eigenvalue weighted by Crippen LogP contribution is 2.35. The highest BCUT2D eigenvalue weighted by Gasteiger charge is 2.22. The van der Waals surface area contributed by atoms with E-state index in [9.17, 15) is 13.6 Å². The predicted molar refractivity (Wildman–Crippen MR) is 123 cm³/mol. The van der Waals surface area contributed by atoms with Gasteiger partial charge in [0.1, 0.15) is 22.9 Å². The summed E-state index contributed by atoms with van der Waals surface area (Å²) < 4.78 is 41.6. The van der Waals surface area contributed by atoms with E-state index in [1.54, 1.807) is 36.2 Å². The van der Waals surface area contributed by atoms with E-state index in [4.69, 9.17) is 9.47 Å². The quantitative estimate of drug-likeness (QED) is 0.377. The lowest BCUT2D eigenvalue weighted by molar-refractivity contribution is -0.0498. The molecule has 0 radical (unpaired) electrons. The van der Waals surface area contributed by atoms with Gasteiger partial charge in [0.25, 0.3) is 5.91 Å². The number of benzene rings is 3. The van der Waals surface area contributed by atoms with E-state index in [1.165, 1.54) is 31.4 Å². The third kappa shape index (κ3) is 4.98. The summed E-state index contributed by atoms with van der Waals surface area (Å²) in [5.74, 6) is 0.643. The molecule has 0 bridgehead atoms. The van der Waals surface area contributed by atoms with Gasteiger partial charge in [-0.2, -0.15) is 13.9 Å². The van der Waals surface area contributed by atoms with Crippen LogP contribution in [0.15, 0.2) is 79.0 Å². The standard InChI is InChI=1S/C25H21F2N3O4/c1-32-19-12-13-22(33-2)20(14-19)23-21(15-30(29-23)17-6-4-3-5-7-17)24(31)28-16-8-10-18(11-9-16)34-25(26)27/h3-15,25H,1-2H3,(H,28,31). The number of methoxy groups -OCH3 is 2. The van der Waals surface area contributed by atoms with Crippen LogP contribution in [0.25, 0.3) is 16.9 Å². The van der Waals surface area contributed by atoms with Gasteiger partial charge in [-0.1, -0.05) is 18.2 Å². The van der Waals surface area contributed by atoms with Gasteiger partial charge in [0.2, 0.25) is 0 Å². The maximum atomic E-state index is 13.3. The number of carbonyl (C=O) groups excluding carboxylic acids is 1. The number of halogens is 2. The Balaban J connectivity index is 1.74. The Kier molecular flexibility index (Phi) is 6.72. The minimum Gasteiger partial charge on any atom is -0.497 e. The number of aromatic nitrogens is 2. The predicted octanol–water partition coefficient (Wildman–Crippen LogP) is 5.41. The van der Waals surface area contributed by atoms with Crippen LogP contribution in [0.1, 0.15) is 10.4 Å². The molecule has 174 valence electrons. The van der Waals surface area contributed by atoms with Crippen molar-refractivity contribution in [2.75, 3.05) is 19.5 Å². The molecule has 7 nitrogen and oxygen atoms in total. The SMILES string of the molecule is COc1ccc(OC)c(-c2nn(-c3ccccc3)cc2C(=O)Nc2ccc(OC(F)F)cc2)c1. The normalized spacial score (nSPS) is 10.7. The van der Waals surface area contributed by atoms with Crippen molar-refractivity contribution < 1.29 is 27.8 Å². The molecule has 1 aromatic heterocycles. The minimum absolute atomic E-state index is 0.00768. The number of ether oxygens (including phenoxy) is 3. The van der Waals surface area contributed by atoms with Gasteiger partial charge in [0, 0.05) is 17.4 Å². The first-order valence-corrected chi connectivity index (χ1v) is 10.2. The molecule has 3 aromatic carbocycles. The van der Waals surface area contributed by atoms with E-state index >= 15 is 0 Å². The van der Waals surface area contributed by atoms with Gasteiger partial charge >= 0.3 is 6.61 Å². The summed E-state index contributed by atoms with van der Waals surface area (Å²) in [4.78, 5) is 13.3. The van der Waals surface area contributed by atoms with E-state index in [2.05, 4.69) is 15.2 Å². The molecule has 4 rings (SSSR count). The van der Waals surface area contributed by atoms with E-state index < -0.39 is 12.5 Å². The summed E-state index contributed by atoms with van der Waals surface area (Å²) in [5.41, 5.74) is 2.40. The number of hydrogen-bond donors (Lipinski definition) is 1. The summed E-state index contributed by atoms with van der Waals surface area (Å²) in [5, 5.41) is 7.43. The van der Waals surface area contributed by atoms with Crippen molar-refractivity contribution in [2.45, 2.75) is 6.61 Å². The summed E-state index contributed by atoms with van der Waals surface area (Å²) in [6.07, 6.45) is 1.62. The van der Waals surface area contributed by atoms with Gasteiger partial charge in [-0.3, -0.25) is 4.79 Å². The lowest BCUT2D eigenvalue weighted by atomic mass is 10.1. The van der Waals surface area contributed by atoms with Crippen LogP contribution in [-0.4, -0.2) is 36.5 Å². The topological polar surface area (TPSA) is 74.6 Å². The molecule has 1 N–H and O–H groups in total. The molecule has 0 saturated heterocycles. The van der Waals surface area contributed by atoms with Crippen molar-refractivity contribution in [3.8, 4) is 34.2 Å². The molecule has 1 heterocycles. The second-order valence-corrected chi connectivity index (χ2v) is 7.09. The van der Waals surface area contributed by atoms with Crippen molar-refractivity contribution in [2.24, 2.45) is 0 Å². The Hall–Kier alpha value is -4.40. The minimum atomic E-state index is -2.93. The van der Waals surface area contributed by atoms with Gasteiger partial charge in [-0.25, -0.2) is 4.68 Å². The molecule has 34 heavy (non-hydrogen) atoms. The number of hydrogen-bond acceptors (Lipinski definition) is 5. The molecule has 0 aliphatic rings. The molecule has 9 heteroatoms. The fourth-order valence-electron chi connectivity index (χ4n) is 3.37. The zero-order chi connectivity index (χ0) is 24.1. The van der Waals surface area contributed by atoms with Crippen molar-refractivity contribution >= 4 is 11.6 Å². The molecule has 0 spiro atoms. The number of alkyl halides is 2. The van der Waals surface area contributed by atoms with Crippen LogP contribution in [-0.2, 0) is 0 Å². The van der Waals surface area contributed by atoms with Crippen molar-refractivity contribution in [1.82, 2.24) is 9.78 Å². The summed E-state index contributed by atoms with van der Waals surface area (Å²) >= 11 is 0. The largest absolute Gasteiger partial charge is 0.497 e. The smallest absolute Gasteiger partial charge is 0.387 e. The molecule has 0 fully saturated rings. The molecular weight excluding hydrogens is 444 g/mol. The van der Waals surface area contributed by atoms with Crippen molar-refractivity contribution in [3.05, 3.63) is 84.6 Å².